The first-order chi connectivity index (χ1) is 8.35. The molecule has 18 heavy (non-hydrogen) atoms. The summed E-state index contributed by atoms with van der Waals surface area (Å²) < 4.78 is 0. The van der Waals surface area contributed by atoms with Crippen LogP contribution in [0.5, 0.6) is 0 Å². The molecular weight excluding hydrogens is 236 g/mol. The Morgan fingerprint density at radius 1 is 1.17 bits per heavy atom. The number of fused-ring (bicyclic) bond motifs is 3. The zero-order valence-corrected chi connectivity index (χ0v) is 13.0. The number of para-hydroxylation sites is 1. The summed E-state index contributed by atoms with van der Waals surface area (Å²) >= 11 is 0. The molecule has 2 aliphatic rings. The van der Waals surface area contributed by atoms with E-state index in [1.54, 1.807) is 5.32 Å². The second-order valence-electron chi connectivity index (χ2n) is 6.61. The normalized spacial score (nSPS) is 23.5. The van der Waals surface area contributed by atoms with Gasteiger partial charge >= 0.3 is 0 Å². The number of rotatable bonds is 0. The van der Waals surface area contributed by atoms with Crippen molar-refractivity contribution in [1.29, 1.82) is 0 Å². The van der Waals surface area contributed by atoms with Gasteiger partial charge in [0.2, 0.25) is 0 Å². The molecule has 0 unspecified atom stereocenters. The quantitative estimate of drug-likeness (QED) is 0.659. The van der Waals surface area contributed by atoms with E-state index in [-0.39, 0.29) is 5.04 Å². The third-order valence-electron chi connectivity index (χ3n) is 5.07. The zero-order chi connectivity index (χ0) is 13.1. The van der Waals surface area contributed by atoms with E-state index in [9.17, 15) is 0 Å². The summed E-state index contributed by atoms with van der Waals surface area (Å²) in [7, 11) is 0.676. The molecule has 0 amide bonds. The summed E-state index contributed by atoms with van der Waals surface area (Å²) in [5, 5.41) is 1.87. The Morgan fingerprint density at radius 3 is 2.56 bits per heavy atom. The van der Waals surface area contributed by atoms with Crippen molar-refractivity contribution in [3.8, 4) is 0 Å². The van der Waals surface area contributed by atoms with Crippen molar-refractivity contribution in [1.82, 2.24) is 4.90 Å². The van der Waals surface area contributed by atoms with Gasteiger partial charge in [-0.15, -0.1) is 0 Å². The van der Waals surface area contributed by atoms with E-state index in [0.717, 1.165) is 6.67 Å². The molecule has 0 aliphatic carbocycles. The fourth-order valence-corrected chi connectivity index (χ4v) is 6.15. The molecule has 2 heterocycles. The molecule has 0 saturated heterocycles. The summed E-state index contributed by atoms with van der Waals surface area (Å²) in [6, 6.07) is 8.93. The Kier molecular flexibility index (Phi) is 2.24. The van der Waals surface area contributed by atoms with Crippen molar-refractivity contribution in [2.75, 3.05) is 18.6 Å². The molecule has 1 aromatic rings. The molecule has 0 aromatic heterocycles. The van der Waals surface area contributed by atoms with Crippen molar-refractivity contribution < 1.29 is 0 Å². The van der Waals surface area contributed by atoms with Crippen LogP contribution in [-0.4, -0.2) is 26.7 Å². The first-order valence-electron chi connectivity index (χ1n) is 6.65. The van der Waals surface area contributed by atoms with E-state index in [2.05, 4.69) is 74.3 Å². The van der Waals surface area contributed by atoms with Crippen LogP contribution in [0.3, 0.4) is 0 Å². The monoisotopic (exact) mass is 258 g/mol. The SMILES string of the molecule is CN1C=C2N(C1)c1ccccc1C(C)(C)[Si]2(C)C. The van der Waals surface area contributed by atoms with Crippen LogP contribution in [0.25, 0.3) is 0 Å². The summed E-state index contributed by atoms with van der Waals surface area (Å²) in [6.07, 6.45) is 2.36. The van der Waals surface area contributed by atoms with E-state index in [0.29, 0.717) is 0 Å². The summed E-state index contributed by atoms with van der Waals surface area (Å²) in [4.78, 5) is 4.83. The summed E-state index contributed by atoms with van der Waals surface area (Å²) in [6.45, 7) is 10.9. The van der Waals surface area contributed by atoms with Gasteiger partial charge in [-0.05, 0) is 16.7 Å². The lowest BCUT2D eigenvalue weighted by molar-refractivity contribution is 0.494. The number of nitrogens with zero attached hydrogens (tertiary/aromatic N) is 2. The van der Waals surface area contributed by atoms with E-state index < -0.39 is 8.07 Å². The molecule has 0 radical (unpaired) electrons. The van der Waals surface area contributed by atoms with E-state index in [1.807, 2.05) is 0 Å². The van der Waals surface area contributed by atoms with Crippen LogP contribution in [0, 0.1) is 0 Å². The second kappa shape index (κ2) is 3.41. The summed E-state index contributed by atoms with van der Waals surface area (Å²) in [5.41, 5.74) is 2.93. The van der Waals surface area contributed by atoms with E-state index in [1.165, 1.54) is 11.3 Å². The van der Waals surface area contributed by atoms with E-state index >= 15 is 0 Å². The van der Waals surface area contributed by atoms with Gasteiger partial charge in [-0.1, -0.05) is 45.1 Å². The first-order valence-corrected chi connectivity index (χ1v) is 9.65. The zero-order valence-electron chi connectivity index (χ0n) is 12.0. The molecule has 96 valence electrons. The van der Waals surface area contributed by atoms with Crippen LogP contribution >= 0.6 is 0 Å². The predicted octanol–water partition coefficient (Wildman–Crippen LogP) is 3.32. The van der Waals surface area contributed by atoms with Gasteiger partial charge in [-0.3, -0.25) is 0 Å². The average molecular weight is 258 g/mol. The standard InChI is InChI=1S/C15H22N2Si/c1-15(2)12-8-6-7-9-13(12)17-11-16(3)10-14(17)18(15,4)5/h6-10H,11H2,1-5H3. The van der Waals surface area contributed by atoms with E-state index in [4.69, 9.17) is 0 Å². The van der Waals surface area contributed by atoms with Gasteiger partial charge in [-0.25, -0.2) is 0 Å². The molecule has 2 aliphatic heterocycles. The van der Waals surface area contributed by atoms with Gasteiger partial charge in [0.1, 0.15) is 8.07 Å². The minimum absolute atomic E-state index is 0.289. The molecule has 0 atom stereocenters. The Morgan fingerprint density at radius 2 is 1.83 bits per heavy atom. The molecule has 0 fully saturated rings. The van der Waals surface area contributed by atoms with Crippen LogP contribution in [0.1, 0.15) is 19.4 Å². The Bertz CT molecular complexity index is 531. The fourth-order valence-electron chi connectivity index (χ4n) is 3.22. The molecular formula is C15H22N2Si. The first kappa shape index (κ1) is 11.8. The number of anilines is 1. The topological polar surface area (TPSA) is 6.48 Å². The third-order valence-corrected chi connectivity index (χ3v) is 10.1. The smallest absolute Gasteiger partial charge is 0.113 e. The maximum absolute atomic E-state index is 2.52. The highest BCUT2D eigenvalue weighted by Crippen LogP contribution is 2.49. The summed E-state index contributed by atoms with van der Waals surface area (Å²) in [5.74, 6) is 0. The molecule has 0 N–H and O–H groups in total. The van der Waals surface area contributed by atoms with Crippen molar-refractivity contribution in [3.63, 3.8) is 0 Å². The molecule has 3 rings (SSSR count). The Labute approximate surface area is 111 Å². The lowest BCUT2D eigenvalue weighted by Crippen LogP contribution is -2.57. The second-order valence-corrected chi connectivity index (χ2v) is 11.6. The van der Waals surface area contributed by atoms with Crippen LogP contribution in [0.2, 0.25) is 13.1 Å². The van der Waals surface area contributed by atoms with Gasteiger partial charge in [0, 0.05) is 24.3 Å². The van der Waals surface area contributed by atoms with Crippen molar-refractivity contribution >= 4 is 13.8 Å². The minimum Gasteiger partial charge on any atom is -0.361 e. The van der Waals surface area contributed by atoms with Crippen LogP contribution in [0.4, 0.5) is 5.69 Å². The lowest BCUT2D eigenvalue weighted by Gasteiger charge is -2.50. The van der Waals surface area contributed by atoms with Gasteiger partial charge in [0.15, 0.2) is 0 Å². The van der Waals surface area contributed by atoms with Gasteiger partial charge in [0.05, 0.1) is 6.67 Å². The van der Waals surface area contributed by atoms with Crippen LogP contribution in [0.15, 0.2) is 35.8 Å². The minimum atomic E-state index is -1.50. The maximum atomic E-state index is 2.52. The number of benzene rings is 1. The van der Waals surface area contributed by atoms with Crippen molar-refractivity contribution in [3.05, 3.63) is 41.3 Å². The maximum Gasteiger partial charge on any atom is 0.113 e. The lowest BCUT2D eigenvalue weighted by atomic mass is 9.99. The molecule has 0 spiro atoms. The highest BCUT2D eigenvalue weighted by molar-refractivity contribution is 6.87. The molecule has 0 bridgehead atoms. The van der Waals surface area contributed by atoms with Crippen LogP contribution < -0.4 is 4.90 Å². The Balaban J connectivity index is 2.29. The third kappa shape index (κ3) is 1.28. The number of hydrogen-bond acceptors (Lipinski definition) is 2. The highest BCUT2D eigenvalue weighted by atomic mass is 28.3. The molecule has 0 saturated carbocycles. The molecule has 2 nitrogen and oxygen atoms in total. The average Bonchev–Trinajstić information content (AvgIpc) is 2.70. The van der Waals surface area contributed by atoms with Gasteiger partial charge in [0.25, 0.3) is 0 Å². The molecule has 3 heteroatoms. The Hall–Kier alpha value is -1.22. The van der Waals surface area contributed by atoms with Crippen molar-refractivity contribution in [2.45, 2.75) is 32.0 Å². The van der Waals surface area contributed by atoms with Crippen molar-refractivity contribution in [2.24, 2.45) is 0 Å². The highest BCUT2D eigenvalue weighted by Gasteiger charge is 2.51. The predicted molar refractivity (Wildman–Crippen MR) is 80.1 cm³/mol. The van der Waals surface area contributed by atoms with Gasteiger partial charge in [-0.2, -0.15) is 0 Å². The molecule has 1 aromatic carbocycles. The van der Waals surface area contributed by atoms with Gasteiger partial charge < -0.3 is 9.80 Å². The largest absolute Gasteiger partial charge is 0.361 e. The fraction of sp³-hybridized carbons (Fsp3) is 0.467. The van der Waals surface area contributed by atoms with Crippen LogP contribution in [-0.2, 0) is 5.04 Å². The number of hydrogen-bond donors (Lipinski definition) is 0.